The van der Waals surface area contributed by atoms with Crippen molar-refractivity contribution in [2.24, 2.45) is 0 Å². The molecule has 0 aromatic rings. The van der Waals surface area contributed by atoms with Gasteiger partial charge in [0.2, 0.25) is 0 Å². The average molecular weight is 292 g/mol. The van der Waals surface area contributed by atoms with Crippen molar-refractivity contribution in [2.75, 3.05) is 0 Å². The van der Waals surface area contributed by atoms with E-state index in [2.05, 4.69) is 0 Å². The molecule has 0 spiro atoms. The van der Waals surface area contributed by atoms with E-state index in [0.717, 1.165) is 5.71 Å². The van der Waals surface area contributed by atoms with Gasteiger partial charge in [-0.3, -0.25) is 0 Å². The van der Waals surface area contributed by atoms with Gasteiger partial charge in [0.15, 0.2) is 0 Å². The maximum atomic E-state index is 11.5. The first-order valence-corrected chi connectivity index (χ1v) is 10.4. The van der Waals surface area contributed by atoms with Crippen LogP contribution < -0.4 is 0 Å². The Kier molecular flexibility index (Phi) is 4.68. The Morgan fingerprint density at radius 3 is 1.25 bits per heavy atom. The second kappa shape index (κ2) is 4.37. The summed E-state index contributed by atoms with van der Waals surface area (Å²) < 4.78 is 69.0. The Morgan fingerprint density at radius 2 is 1.08 bits per heavy atom. The van der Waals surface area contributed by atoms with Crippen LogP contribution in [0.25, 0.3) is 0 Å². The van der Waals surface area contributed by atoms with E-state index in [1.165, 1.54) is 0 Å². The van der Waals surface area contributed by atoms with Gasteiger partial charge in [0.25, 0.3) is 0 Å². The molecule has 0 rings (SSSR count). The van der Waals surface area contributed by atoms with E-state index in [4.69, 9.17) is 0 Å². The minimum absolute atomic E-state index is 0.528. The van der Waals surface area contributed by atoms with Crippen molar-refractivity contribution >= 4 is 32.4 Å². The van der Waals surface area contributed by atoms with Crippen LogP contribution in [0.15, 0.2) is 0 Å². The molecule has 0 aliphatic rings. The summed E-state index contributed by atoms with van der Waals surface area (Å²) in [5.74, 6) is 0. The molecule has 0 N–H and O–H groups in total. The summed E-state index contributed by atoms with van der Waals surface area (Å²) >= 11 is -2.93. The molecule has 9 heteroatoms. The van der Waals surface area contributed by atoms with E-state index >= 15 is 0 Å². The molecule has 0 amide bonds. The minimum atomic E-state index is -4.55. The van der Waals surface area contributed by atoms with Crippen LogP contribution in [0.3, 0.4) is 0 Å². The van der Waals surface area contributed by atoms with Crippen LogP contribution in [0.2, 0.25) is 5.71 Å². The summed E-state index contributed by atoms with van der Waals surface area (Å²) in [5, 5.41) is 0. The fourth-order valence-electron chi connectivity index (χ4n) is 0.310. The van der Waals surface area contributed by atoms with Gasteiger partial charge in [-0.25, -0.2) is 0 Å². The molecule has 0 aromatic carbocycles. The second-order valence-corrected chi connectivity index (χ2v) is 13.8. The van der Waals surface area contributed by atoms with Gasteiger partial charge in [-0.1, -0.05) is 0 Å². The number of halogens is 6. The third-order valence-electron chi connectivity index (χ3n) is 0.464. The summed E-state index contributed by atoms with van der Waals surface area (Å²) in [6.45, 7) is 0. The Hall–Kier alpha value is 0.838. The van der Waals surface area contributed by atoms with Crippen LogP contribution >= 0.6 is 20.0 Å². The molecule has 0 aliphatic carbocycles. The average Bonchev–Trinajstić information content (AvgIpc) is 1.49. The molecule has 0 fully saturated rings. The molecule has 12 heavy (non-hydrogen) atoms. The van der Waals surface area contributed by atoms with Gasteiger partial charge in [0.1, 0.15) is 0 Å². The number of alkyl halides is 6. The van der Waals surface area contributed by atoms with Crippen molar-refractivity contribution in [1.29, 1.82) is 0 Å². The fraction of sp³-hybridized carbons (Fsp3) is 1.00. The van der Waals surface area contributed by atoms with E-state index in [1.54, 1.807) is 0 Å². The topological polar surface area (TPSA) is 0 Å². The molecule has 74 valence electrons. The van der Waals surface area contributed by atoms with Crippen LogP contribution in [-0.2, 0) is 0 Å². The maximum absolute atomic E-state index is 11.5. The van der Waals surface area contributed by atoms with E-state index in [1.807, 2.05) is 0 Å². The van der Waals surface area contributed by atoms with Crippen LogP contribution in [0.4, 0.5) is 26.3 Å². The predicted molar refractivity (Wildman–Crippen MR) is 38.9 cm³/mol. The first kappa shape index (κ1) is 12.8. The molecule has 0 nitrogen and oxygen atoms in total. The molecule has 0 bridgehead atoms. The molecule has 0 atom stereocenters. The third kappa shape index (κ3) is 8.93. The Balaban J connectivity index is 3.83. The zero-order chi connectivity index (χ0) is 9.99. The van der Waals surface area contributed by atoms with Crippen LogP contribution in [0.1, 0.15) is 0 Å². The van der Waals surface area contributed by atoms with Crippen molar-refractivity contribution in [3.63, 3.8) is 0 Å². The first-order valence-electron chi connectivity index (χ1n) is 2.35. The monoisotopic (exact) mass is 292 g/mol. The van der Waals surface area contributed by atoms with E-state index in [9.17, 15) is 26.3 Å². The molecule has 0 unspecified atom stereocenters. The molecular formula is C3H3AsF6S2. The second-order valence-electron chi connectivity index (χ2n) is 1.51. The van der Waals surface area contributed by atoms with Crippen LogP contribution in [0, 0.1) is 0 Å². The molecule has 0 aliphatic heterocycles. The molecular weight excluding hydrogens is 289 g/mol. The Labute approximate surface area is 75.7 Å². The van der Waals surface area contributed by atoms with Gasteiger partial charge in [0.05, 0.1) is 0 Å². The third-order valence-corrected chi connectivity index (χ3v) is 9.56. The summed E-state index contributed by atoms with van der Waals surface area (Å²) in [6, 6.07) is 0. The van der Waals surface area contributed by atoms with E-state index < -0.39 is 43.4 Å². The van der Waals surface area contributed by atoms with Gasteiger partial charge in [-0.15, -0.1) is 0 Å². The Bertz CT molecular complexity index is 125. The van der Waals surface area contributed by atoms with Gasteiger partial charge in [-0.2, -0.15) is 0 Å². The fourth-order valence-corrected chi connectivity index (χ4v) is 8.05. The number of rotatable bonds is 2. The molecule has 0 saturated heterocycles. The Morgan fingerprint density at radius 1 is 0.833 bits per heavy atom. The standard InChI is InChI=1S/C3H3AsF6S2/c1-4(11-2(5,6)7)12-3(8,9)10/h1H3. The van der Waals surface area contributed by atoms with Gasteiger partial charge >= 0.3 is 75.5 Å². The van der Waals surface area contributed by atoms with Gasteiger partial charge < -0.3 is 0 Å². The van der Waals surface area contributed by atoms with Crippen molar-refractivity contribution in [2.45, 2.75) is 16.7 Å². The van der Waals surface area contributed by atoms with Gasteiger partial charge in [0, 0.05) is 0 Å². The molecule has 0 heterocycles. The van der Waals surface area contributed by atoms with Crippen LogP contribution in [0.5, 0.6) is 0 Å². The van der Waals surface area contributed by atoms with Gasteiger partial charge in [-0.05, 0) is 0 Å². The number of hydrogen-bond acceptors (Lipinski definition) is 2. The molecule has 0 radical (unpaired) electrons. The SMILES string of the molecule is C[As](SC(F)(F)F)SC(F)(F)F. The molecule has 0 aromatic heterocycles. The molecule has 0 saturated carbocycles. The predicted octanol–water partition coefficient (Wildman–Crippen LogP) is 3.61. The summed E-state index contributed by atoms with van der Waals surface area (Å²) in [5.41, 5.74) is -8.09. The summed E-state index contributed by atoms with van der Waals surface area (Å²) in [6.07, 6.45) is 0. The first-order chi connectivity index (χ1) is 5.10. The van der Waals surface area contributed by atoms with Crippen molar-refractivity contribution < 1.29 is 26.3 Å². The van der Waals surface area contributed by atoms with E-state index in [-0.39, 0.29) is 0 Å². The number of hydrogen-bond donors (Lipinski definition) is 0. The quantitative estimate of drug-likeness (QED) is 0.563. The summed E-state index contributed by atoms with van der Waals surface area (Å²) in [7, 11) is -1.06. The summed E-state index contributed by atoms with van der Waals surface area (Å²) in [4.78, 5) is 0. The van der Waals surface area contributed by atoms with Crippen LogP contribution in [-0.4, -0.2) is 23.4 Å². The zero-order valence-corrected chi connectivity index (χ0v) is 9.04. The zero-order valence-electron chi connectivity index (χ0n) is 5.53. The normalized spacial score (nSPS) is 14.0. The van der Waals surface area contributed by atoms with Crippen molar-refractivity contribution in [1.82, 2.24) is 0 Å². The van der Waals surface area contributed by atoms with Crippen molar-refractivity contribution in [3.05, 3.63) is 0 Å². The van der Waals surface area contributed by atoms with Crippen molar-refractivity contribution in [3.8, 4) is 0 Å². The van der Waals surface area contributed by atoms with E-state index in [0.29, 0.717) is 0 Å².